The van der Waals surface area contributed by atoms with E-state index in [9.17, 15) is 9.18 Å². The number of fused-ring (bicyclic) bond motifs is 1. The summed E-state index contributed by atoms with van der Waals surface area (Å²) in [5, 5.41) is 8.60. The molecule has 0 spiro atoms. The number of para-hydroxylation sites is 1. The van der Waals surface area contributed by atoms with Gasteiger partial charge in [0.1, 0.15) is 5.82 Å². The number of carbonyl (C=O) groups is 1. The number of amides is 1. The minimum Gasteiger partial charge on any atom is -0.352 e. The summed E-state index contributed by atoms with van der Waals surface area (Å²) < 4.78 is 16.0. The van der Waals surface area contributed by atoms with Gasteiger partial charge in [0.2, 0.25) is 5.91 Å². The van der Waals surface area contributed by atoms with Crippen LogP contribution < -0.4 is 10.2 Å². The zero-order chi connectivity index (χ0) is 22.1. The second kappa shape index (κ2) is 8.70. The Labute approximate surface area is 189 Å². The maximum Gasteiger partial charge on any atom is 0.225 e. The lowest BCUT2D eigenvalue weighted by molar-refractivity contribution is -0.125. The number of nitrogens with zero attached hydrogens (tertiary/aromatic N) is 4. The Balaban J connectivity index is 1.31. The van der Waals surface area contributed by atoms with Crippen molar-refractivity contribution in [3.05, 3.63) is 71.7 Å². The smallest absolute Gasteiger partial charge is 0.225 e. The molecule has 4 aromatic rings. The van der Waals surface area contributed by atoms with Crippen LogP contribution in [0, 0.1) is 18.7 Å². The number of nitrogens with one attached hydrogen (secondary N) is 1. The largest absolute Gasteiger partial charge is 0.352 e. The molecule has 0 bridgehead atoms. The number of benzene rings is 2. The van der Waals surface area contributed by atoms with Crippen molar-refractivity contribution in [1.29, 1.82) is 0 Å². The van der Waals surface area contributed by atoms with E-state index in [-0.39, 0.29) is 17.6 Å². The van der Waals surface area contributed by atoms with Crippen LogP contribution in [0.15, 0.2) is 54.6 Å². The SMILES string of the molecule is Cc1nn(-c2ccccc2)c2nc(N3CCC[C@@H](C(=O)NCc4ccc(F)cc4)C3)sc12. The van der Waals surface area contributed by atoms with Crippen LogP contribution in [-0.4, -0.2) is 33.8 Å². The van der Waals surface area contributed by atoms with Crippen LogP contribution in [0.2, 0.25) is 0 Å². The number of anilines is 1. The highest BCUT2D eigenvalue weighted by molar-refractivity contribution is 7.22. The van der Waals surface area contributed by atoms with Crippen molar-refractivity contribution in [3.63, 3.8) is 0 Å². The van der Waals surface area contributed by atoms with Crippen molar-refractivity contribution >= 4 is 32.7 Å². The van der Waals surface area contributed by atoms with Gasteiger partial charge in [-0.3, -0.25) is 4.79 Å². The van der Waals surface area contributed by atoms with Gasteiger partial charge in [-0.15, -0.1) is 0 Å². The van der Waals surface area contributed by atoms with E-state index >= 15 is 0 Å². The molecule has 5 rings (SSSR count). The first-order chi connectivity index (χ1) is 15.6. The maximum atomic E-state index is 13.1. The number of thiazole rings is 1. The number of hydrogen-bond donors (Lipinski definition) is 1. The summed E-state index contributed by atoms with van der Waals surface area (Å²) in [4.78, 5) is 19.9. The minimum absolute atomic E-state index is 0.0341. The summed E-state index contributed by atoms with van der Waals surface area (Å²) in [5.74, 6) is -0.334. The number of halogens is 1. The first-order valence-corrected chi connectivity index (χ1v) is 11.6. The van der Waals surface area contributed by atoms with E-state index in [0.717, 1.165) is 51.8 Å². The quantitative estimate of drug-likeness (QED) is 0.489. The molecule has 1 saturated heterocycles. The predicted molar refractivity (Wildman–Crippen MR) is 125 cm³/mol. The van der Waals surface area contributed by atoms with E-state index in [0.29, 0.717) is 13.1 Å². The van der Waals surface area contributed by atoms with E-state index in [1.807, 2.05) is 41.9 Å². The van der Waals surface area contributed by atoms with Gasteiger partial charge < -0.3 is 10.2 Å². The molecule has 0 saturated carbocycles. The first-order valence-electron chi connectivity index (χ1n) is 10.8. The summed E-state index contributed by atoms with van der Waals surface area (Å²) in [6.45, 7) is 3.94. The monoisotopic (exact) mass is 449 g/mol. The number of carbonyl (C=O) groups excluding carboxylic acids is 1. The first kappa shape index (κ1) is 20.6. The Morgan fingerprint density at radius 3 is 2.75 bits per heavy atom. The van der Waals surface area contributed by atoms with Gasteiger partial charge in [0.15, 0.2) is 10.8 Å². The molecule has 32 heavy (non-hydrogen) atoms. The number of rotatable bonds is 5. The molecule has 6 nitrogen and oxygen atoms in total. The van der Waals surface area contributed by atoms with Crippen LogP contribution in [0.5, 0.6) is 0 Å². The Morgan fingerprint density at radius 1 is 1.19 bits per heavy atom. The maximum absolute atomic E-state index is 13.1. The van der Waals surface area contributed by atoms with Crippen LogP contribution >= 0.6 is 11.3 Å². The van der Waals surface area contributed by atoms with Gasteiger partial charge in [0, 0.05) is 19.6 Å². The van der Waals surface area contributed by atoms with Gasteiger partial charge in [-0.2, -0.15) is 10.1 Å². The van der Waals surface area contributed by atoms with Crippen molar-refractivity contribution in [2.45, 2.75) is 26.3 Å². The standard InChI is InChI=1S/C24H24FN5OS/c1-16-21-22(30(28-16)20-7-3-2-4-8-20)27-24(32-21)29-13-5-6-18(15-29)23(31)26-14-17-9-11-19(25)12-10-17/h2-4,7-12,18H,5-6,13-15H2,1H3,(H,26,31)/t18-/m1/s1. The molecule has 8 heteroatoms. The highest BCUT2D eigenvalue weighted by atomic mass is 32.1. The van der Waals surface area contributed by atoms with Gasteiger partial charge in [-0.1, -0.05) is 41.7 Å². The Kier molecular flexibility index (Phi) is 5.61. The number of aryl methyl sites for hydroxylation is 1. The number of aromatic nitrogens is 3. The highest BCUT2D eigenvalue weighted by Crippen LogP contribution is 2.34. The third kappa shape index (κ3) is 4.10. The summed E-state index contributed by atoms with van der Waals surface area (Å²) in [7, 11) is 0. The normalized spacial score (nSPS) is 16.4. The zero-order valence-electron chi connectivity index (χ0n) is 17.8. The molecule has 1 amide bonds. The van der Waals surface area contributed by atoms with Gasteiger partial charge in [-0.25, -0.2) is 9.07 Å². The van der Waals surface area contributed by atoms with Crippen LogP contribution in [0.4, 0.5) is 9.52 Å². The molecule has 0 radical (unpaired) electrons. The third-order valence-corrected chi connectivity index (χ3v) is 7.03. The fraction of sp³-hybridized carbons (Fsp3) is 0.292. The second-order valence-corrected chi connectivity index (χ2v) is 9.09. The lowest BCUT2D eigenvalue weighted by Gasteiger charge is -2.31. The number of hydrogen-bond acceptors (Lipinski definition) is 5. The van der Waals surface area contributed by atoms with Crippen molar-refractivity contribution in [2.75, 3.05) is 18.0 Å². The molecular weight excluding hydrogens is 425 g/mol. The van der Waals surface area contributed by atoms with E-state index in [2.05, 4.69) is 15.3 Å². The Hall–Kier alpha value is -3.26. The summed E-state index contributed by atoms with van der Waals surface area (Å²) >= 11 is 1.64. The zero-order valence-corrected chi connectivity index (χ0v) is 18.6. The molecule has 1 fully saturated rings. The fourth-order valence-corrected chi connectivity index (χ4v) is 5.13. The molecule has 164 valence electrons. The third-order valence-electron chi connectivity index (χ3n) is 5.82. The molecule has 0 unspecified atom stereocenters. The van der Waals surface area contributed by atoms with Crippen molar-refractivity contribution in [2.24, 2.45) is 5.92 Å². The molecule has 1 aliphatic heterocycles. The van der Waals surface area contributed by atoms with Crippen molar-refractivity contribution in [1.82, 2.24) is 20.1 Å². The highest BCUT2D eigenvalue weighted by Gasteiger charge is 2.28. The van der Waals surface area contributed by atoms with E-state index in [4.69, 9.17) is 4.98 Å². The molecule has 0 aliphatic carbocycles. The average Bonchev–Trinajstić information content (AvgIpc) is 3.40. The van der Waals surface area contributed by atoms with Gasteiger partial charge >= 0.3 is 0 Å². The van der Waals surface area contributed by atoms with Gasteiger partial charge in [-0.05, 0) is 49.6 Å². The fourth-order valence-electron chi connectivity index (χ4n) is 4.11. The van der Waals surface area contributed by atoms with E-state index in [1.54, 1.807) is 23.5 Å². The lowest BCUT2D eigenvalue weighted by Crippen LogP contribution is -2.43. The topological polar surface area (TPSA) is 63.1 Å². The summed E-state index contributed by atoms with van der Waals surface area (Å²) in [5.41, 5.74) is 3.69. The molecule has 1 aliphatic rings. The molecular formula is C24H24FN5OS. The Morgan fingerprint density at radius 2 is 1.97 bits per heavy atom. The van der Waals surface area contributed by atoms with Crippen LogP contribution in [-0.2, 0) is 11.3 Å². The van der Waals surface area contributed by atoms with Crippen molar-refractivity contribution < 1.29 is 9.18 Å². The molecule has 2 aromatic heterocycles. The van der Waals surface area contributed by atoms with Crippen LogP contribution in [0.25, 0.3) is 16.0 Å². The molecule has 1 atom stereocenters. The summed E-state index contributed by atoms with van der Waals surface area (Å²) in [6.07, 6.45) is 1.79. The Bertz CT molecular complexity index is 1230. The second-order valence-electron chi connectivity index (χ2n) is 8.11. The summed E-state index contributed by atoms with van der Waals surface area (Å²) in [6, 6.07) is 16.2. The van der Waals surface area contributed by atoms with Gasteiger partial charge in [0.25, 0.3) is 0 Å². The molecule has 2 aromatic carbocycles. The predicted octanol–water partition coefficient (Wildman–Crippen LogP) is 4.46. The van der Waals surface area contributed by atoms with Gasteiger partial charge in [0.05, 0.1) is 22.0 Å². The van der Waals surface area contributed by atoms with E-state index in [1.165, 1.54) is 12.1 Å². The number of piperidine rings is 1. The van der Waals surface area contributed by atoms with Crippen molar-refractivity contribution in [3.8, 4) is 5.69 Å². The van der Waals surface area contributed by atoms with Crippen LogP contribution in [0.3, 0.4) is 0 Å². The van der Waals surface area contributed by atoms with E-state index < -0.39 is 0 Å². The van der Waals surface area contributed by atoms with Crippen LogP contribution in [0.1, 0.15) is 24.1 Å². The average molecular weight is 450 g/mol. The molecule has 3 heterocycles. The molecule has 1 N–H and O–H groups in total. The lowest BCUT2D eigenvalue weighted by atomic mass is 9.97. The minimum atomic E-state index is -0.274.